The van der Waals surface area contributed by atoms with Gasteiger partial charge in [-0.05, 0) is 30.3 Å². The molecule has 114 valence electrons. The van der Waals surface area contributed by atoms with Crippen LogP contribution in [-0.2, 0) is 4.79 Å². The Balaban J connectivity index is 2.31. The van der Waals surface area contributed by atoms with Crippen molar-refractivity contribution in [3.63, 3.8) is 0 Å². The van der Waals surface area contributed by atoms with Gasteiger partial charge in [0.25, 0.3) is 5.91 Å². The largest absolute Gasteiger partial charge is 0.480 e. The van der Waals surface area contributed by atoms with E-state index >= 15 is 0 Å². The quantitative estimate of drug-likeness (QED) is 0.908. The molecule has 0 aliphatic carbocycles. The lowest BCUT2D eigenvalue weighted by molar-refractivity contribution is -0.114. The standard InChI is InChI=1S/C15H14ClN3O3/c1-9(20)18-12-6-5-10(16)8-13(12)19-14(21)11-4-3-7-17-15(11)22-2/h3-8H,1-2H3,(H,18,20)(H,19,21). The molecule has 0 unspecified atom stereocenters. The number of aromatic nitrogens is 1. The van der Waals surface area contributed by atoms with Gasteiger partial charge in [0.1, 0.15) is 5.56 Å². The number of carbonyl (C=O) groups is 2. The highest BCUT2D eigenvalue weighted by Gasteiger charge is 2.15. The van der Waals surface area contributed by atoms with Crippen LogP contribution >= 0.6 is 11.6 Å². The lowest BCUT2D eigenvalue weighted by Gasteiger charge is -2.13. The highest BCUT2D eigenvalue weighted by Crippen LogP contribution is 2.27. The monoisotopic (exact) mass is 319 g/mol. The molecule has 0 aliphatic heterocycles. The van der Waals surface area contributed by atoms with E-state index in [1.54, 1.807) is 30.3 Å². The Labute approximate surface area is 132 Å². The second-order valence-corrected chi connectivity index (χ2v) is 4.82. The van der Waals surface area contributed by atoms with Crippen LogP contribution in [-0.4, -0.2) is 23.9 Å². The molecule has 0 radical (unpaired) electrons. The normalized spacial score (nSPS) is 9.95. The molecule has 2 aromatic rings. The number of halogens is 1. The number of pyridine rings is 1. The molecule has 2 rings (SSSR count). The van der Waals surface area contributed by atoms with Gasteiger partial charge in [0, 0.05) is 18.1 Å². The molecule has 0 aliphatic rings. The average molecular weight is 320 g/mol. The number of ether oxygens (including phenoxy) is 1. The molecular weight excluding hydrogens is 306 g/mol. The van der Waals surface area contributed by atoms with Crippen LogP contribution in [0.15, 0.2) is 36.5 Å². The molecule has 0 saturated carbocycles. The van der Waals surface area contributed by atoms with Crippen molar-refractivity contribution < 1.29 is 14.3 Å². The van der Waals surface area contributed by atoms with Crippen molar-refractivity contribution in [1.82, 2.24) is 4.98 Å². The number of methoxy groups -OCH3 is 1. The molecule has 1 aromatic heterocycles. The van der Waals surface area contributed by atoms with E-state index in [4.69, 9.17) is 16.3 Å². The van der Waals surface area contributed by atoms with E-state index in [0.717, 1.165) is 0 Å². The van der Waals surface area contributed by atoms with Gasteiger partial charge in [0.15, 0.2) is 0 Å². The Morgan fingerprint density at radius 1 is 1.18 bits per heavy atom. The van der Waals surface area contributed by atoms with Crippen LogP contribution in [0.4, 0.5) is 11.4 Å². The summed E-state index contributed by atoms with van der Waals surface area (Å²) in [5, 5.41) is 5.75. The SMILES string of the molecule is COc1ncccc1C(=O)Nc1cc(Cl)ccc1NC(C)=O. The summed E-state index contributed by atoms with van der Waals surface area (Å²) in [6.07, 6.45) is 1.53. The van der Waals surface area contributed by atoms with E-state index in [1.807, 2.05) is 0 Å². The minimum absolute atomic E-state index is 0.211. The third kappa shape index (κ3) is 3.73. The van der Waals surface area contributed by atoms with Crippen LogP contribution < -0.4 is 15.4 Å². The number of anilines is 2. The fourth-order valence-electron chi connectivity index (χ4n) is 1.83. The fraction of sp³-hybridized carbons (Fsp3) is 0.133. The first kappa shape index (κ1) is 15.8. The maximum atomic E-state index is 12.4. The second-order valence-electron chi connectivity index (χ2n) is 4.39. The Kier molecular flexibility index (Phi) is 4.95. The number of benzene rings is 1. The van der Waals surface area contributed by atoms with Crippen LogP contribution in [0.3, 0.4) is 0 Å². The third-order valence-electron chi connectivity index (χ3n) is 2.75. The number of amides is 2. The third-order valence-corrected chi connectivity index (χ3v) is 2.98. The Bertz CT molecular complexity index is 719. The van der Waals surface area contributed by atoms with Gasteiger partial charge in [0.2, 0.25) is 11.8 Å². The first-order valence-corrected chi connectivity index (χ1v) is 6.76. The summed E-state index contributed by atoms with van der Waals surface area (Å²) in [6.45, 7) is 1.38. The number of hydrogen-bond acceptors (Lipinski definition) is 4. The molecule has 1 heterocycles. The van der Waals surface area contributed by atoms with Crippen LogP contribution in [0.25, 0.3) is 0 Å². The van der Waals surface area contributed by atoms with Gasteiger partial charge in [0.05, 0.1) is 18.5 Å². The molecule has 0 atom stereocenters. The zero-order valence-electron chi connectivity index (χ0n) is 12.0. The van der Waals surface area contributed by atoms with Crippen molar-refractivity contribution >= 4 is 34.8 Å². The fourth-order valence-corrected chi connectivity index (χ4v) is 2.01. The van der Waals surface area contributed by atoms with Crippen molar-refractivity contribution in [2.45, 2.75) is 6.92 Å². The zero-order valence-corrected chi connectivity index (χ0v) is 12.8. The highest BCUT2D eigenvalue weighted by atomic mass is 35.5. The first-order valence-electron chi connectivity index (χ1n) is 6.38. The molecule has 0 bridgehead atoms. The summed E-state index contributed by atoms with van der Waals surface area (Å²) in [7, 11) is 1.43. The van der Waals surface area contributed by atoms with Crippen molar-refractivity contribution in [1.29, 1.82) is 0 Å². The topological polar surface area (TPSA) is 80.3 Å². The van der Waals surface area contributed by atoms with Gasteiger partial charge in [-0.25, -0.2) is 4.98 Å². The molecule has 7 heteroatoms. The number of rotatable bonds is 4. The van der Waals surface area contributed by atoms with E-state index in [9.17, 15) is 9.59 Å². The predicted molar refractivity (Wildman–Crippen MR) is 84.5 cm³/mol. The molecule has 1 aromatic carbocycles. The minimum atomic E-state index is -0.418. The average Bonchev–Trinajstić information content (AvgIpc) is 2.49. The van der Waals surface area contributed by atoms with E-state index in [1.165, 1.54) is 20.2 Å². The summed E-state index contributed by atoms with van der Waals surface area (Å²) < 4.78 is 5.05. The summed E-state index contributed by atoms with van der Waals surface area (Å²) in [5.74, 6) is -0.460. The summed E-state index contributed by atoms with van der Waals surface area (Å²) in [5.41, 5.74) is 1.12. The molecule has 22 heavy (non-hydrogen) atoms. The van der Waals surface area contributed by atoms with Gasteiger partial charge in [-0.15, -0.1) is 0 Å². The van der Waals surface area contributed by atoms with Gasteiger partial charge < -0.3 is 15.4 Å². The van der Waals surface area contributed by atoms with Crippen molar-refractivity contribution in [3.8, 4) is 5.88 Å². The maximum absolute atomic E-state index is 12.4. The lowest BCUT2D eigenvalue weighted by Crippen LogP contribution is -2.16. The van der Waals surface area contributed by atoms with E-state index in [-0.39, 0.29) is 17.4 Å². The summed E-state index contributed by atoms with van der Waals surface area (Å²) >= 11 is 5.94. The number of carbonyl (C=O) groups excluding carboxylic acids is 2. The number of nitrogens with one attached hydrogen (secondary N) is 2. The predicted octanol–water partition coefficient (Wildman–Crippen LogP) is 2.95. The Morgan fingerprint density at radius 3 is 2.64 bits per heavy atom. The zero-order chi connectivity index (χ0) is 16.1. The number of nitrogens with zero attached hydrogens (tertiary/aromatic N) is 1. The van der Waals surface area contributed by atoms with Crippen molar-refractivity contribution in [2.75, 3.05) is 17.7 Å². The van der Waals surface area contributed by atoms with Gasteiger partial charge in [-0.3, -0.25) is 9.59 Å². The molecule has 0 spiro atoms. The van der Waals surface area contributed by atoms with Crippen LogP contribution in [0.5, 0.6) is 5.88 Å². The molecule has 0 fully saturated rings. The van der Waals surface area contributed by atoms with Crippen LogP contribution in [0, 0.1) is 0 Å². The van der Waals surface area contributed by atoms with Crippen molar-refractivity contribution in [2.24, 2.45) is 0 Å². The van der Waals surface area contributed by atoms with Gasteiger partial charge in [-0.2, -0.15) is 0 Å². The maximum Gasteiger partial charge on any atom is 0.261 e. The summed E-state index contributed by atoms with van der Waals surface area (Å²) in [4.78, 5) is 27.5. The molecule has 2 N–H and O–H groups in total. The first-order chi connectivity index (χ1) is 10.5. The summed E-state index contributed by atoms with van der Waals surface area (Å²) in [6, 6.07) is 7.99. The molecular formula is C15H14ClN3O3. The molecule has 2 amide bonds. The molecule has 0 saturated heterocycles. The van der Waals surface area contributed by atoms with Crippen LogP contribution in [0.1, 0.15) is 17.3 Å². The highest BCUT2D eigenvalue weighted by molar-refractivity contribution is 6.31. The number of hydrogen-bond donors (Lipinski definition) is 2. The Morgan fingerprint density at radius 2 is 1.95 bits per heavy atom. The lowest BCUT2D eigenvalue weighted by atomic mass is 10.2. The van der Waals surface area contributed by atoms with Gasteiger partial charge >= 0.3 is 0 Å². The van der Waals surface area contributed by atoms with Crippen molar-refractivity contribution in [3.05, 3.63) is 47.1 Å². The molecule has 6 nitrogen and oxygen atoms in total. The minimum Gasteiger partial charge on any atom is -0.480 e. The van der Waals surface area contributed by atoms with Crippen LogP contribution in [0.2, 0.25) is 5.02 Å². The smallest absolute Gasteiger partial charge is 0.261 e. The van der Waals surface area contributed by atoms with E-state index in [0.29, 0.717) is 16.4 Å². The second kappa shape index (κ2) is 6.91. The Hall–Kier alpha value is -2.60. The van der Waals surface area contributed by atoms with E-state index < -0.39 is 5.91 Å². The van der Waals surface area contributed by atoms with E-state index in [2.05, 4.69) is 15.6 Å². The van der Waals surface area contributed by atoms with Gasteiger partial charge in [-0.1, -0.05) is 11.6 Å².